The van der Waals surface area contributed by atoms with Crippen molar-refractivity contribution >= 4 is 27.5 Å². The minimum Gasteiger partial charge on any atom is -0.399 e. The van der Waals surface area contributed by atoms with Crippen LogP contribution in [-0.2, 0) is 10.0 Å². The fourth-order valence-corrected chi connectivity index (χ4v) is 4.91. The minimum absolute atomic E-state index is 0.296. The summed E-state index contributed by atoms with van der Waals surface area (Å²) in [6.45, 7) is 3.27. The molecule has 0 spiro atoms. The van der Waals surface area contributed by atoms with E-state index in [-0.39, 0.29) is 0 Å². The molecular formula is C12H18N2O2S2. The number of rotatable bonds is 3. The van der Waals surface area contributed by atoms with Crippen LogP contribution in [0.25, 0.3) is 0 Å². The Morgan fingerprint density at radius 3 is 2.94 bits per heavy atom. The van der Waals surface area contributed by atoms with E-state index in [9.17, 15) is 8.42 Å². The lowest BCUT2D eigenvalue weighted by Crippen LogP contribution is -2.41. The SMILES string of the molecule is CCC1CN(S(=O)(=O)c2cccc(N)c2)CCS1. The molecule has 0 bridgehead atoms. The molecule has 1 saturated heterocycles. The first-order valence-electron chi connectivity index (χ1n) is 6.01. The van der Waals surface area contributed by atoms with Gasteiger partial charge in [-0.1, -0.05) is 13.0 Å². The molecule has 0 aliphatic carbocycles. The Balaban J connectivity index is 2.25. The van der Waals surface area contributed by atoms with Crippen LogP contribution >= 0.6 is 11.8 Å². The summed E-state index contributed by atoms with van der Waals surface area (Å²) >= 11 is 1.85. The third-order valence-corrected chi connectivity index (χ3v) is 6.29. The second-order valence-electron chi connectivity index (χ2n) is 4.34. The molecule has 2 N–H and O–H groups in total. The number of nitrogens with zero attached hydrogens (tertiary/aromatic N) is 1. The second kappa shape index (κ2) is 5.50. The van der Waals surface area contributed by atoms with Gasteiger partial charge in [0.25, 0.3) is 0 Å². The summed E-state index contributed by atoms with van der Waals surface area (Å²) in [7, 11) is -3.39. The molecule has 1 atom stereocenters. The van der Waals surface area contributed by atoms with Gasteiger partial charge in [-0.2, -0.15) is 16.1 Å². The van der Waals surface area contributed by atoms with E-state index in [1.54, 1.807) is 22.5 Å². The highest BCUT2D eigenvalue weighted by Gasteiger charge is 2.29. The van der Waals surface area contributed by atoms with Gasteiger partial charge in [0.1, 0.15) is 0 Å². The Morgan fingerprint density at radius 1 is 1.50 bits per heavy atom. The van der Waals surface area contributed by atoms with Gasteiger partial charge >= 0.3 is 0 Å². The van der Waals surface area contributed by atoms with Crippen molar-refractivity contribution < 1.29 is 8.42 Å². The van der Waals surface area contributed by atoms with Gasteiger partial charge in [-0.05, 0) is 24.6 Å². The molecule has 0 aromatic heterocycles. The van der Waals surface area contributed by atoms with Gasteiger partial charge in [0.05, 0.1) is 4.90 Å². The highest BCUT2D eigenvalue weighted by Crippen LogP contribution is 2.26. The molecular weight excluding hydrogens is 268 g/mol. The van der Waals surface area contributed by atoms with Crippen molar-refractivity contribution in [3.8, 4) is 0 Å². The predicted octanol–water partition coefficient (Wildman–Crippen LogP) is 1.78. The lowest BCUT2D eigenvalue weighted by atomic mass is 10.3. The van der Waals surface area contributed by atoms with Gasteiger partial charge in [0.2, 0.25) is 10.0 Å². The van der Waals surface area contributed by atoms with E-state index in [0.717, 1.165) is 12.2 Å². The van der Waals surface area contributed by atoms with Crippen LogP contribution in [0.15, 0.2) is 29.2 Å². The Labute approximate surface area is 113 Å². The van der Waals surface area contributed by atoms with Crippen molar-refractivity contribution in [2.75, 3.05) is 24.6 Å². The van der Waals surface area contributed by atoms with Crippen LogP contribution < -0.4 is 5.73 Å². The molecule has 1 aliphatic rings. The van der Waals surface area contributed by atoms with Gasteiger partial charge in [-0.15, -0.1) is 0 Å². The van der Waals surface area contributed by atoms with Crippen LogP contribution in [0.1, 0.15) is 13.3 Å². The smallest absolute Gasteiger partial charge is 0.243 e. The van der Waals surface area contributed by atoms with Crippen LogP contribution in [0.2, 0.25) is 0 Å². The van der Waals surface area contributed by atoms with E-state index < -0.39 is 10.0 Å². The highest BCUT2D eigenvalue weighted by molar-refractivity contribution is 8.00. The maximum Gasteiger partial charge on any atom is 0.243 e. The minimum atomic E-state index is -3.39. The van der Waals surface area contributed by atoms with Gasteiger partial charge in [-0.25, -0.2) is 8.42 Å². The van der Waals surface area contributed by atoms with E-state index in [0.29, 0.717) is 28.9 Å². The predicted molar refractivity (Wildman–Crippen MR) is 76.2 cm³/mol. The van der Waals surface area contributed by atoms with Crippen molar-refractivity contribution in [1.29, 1.82) is 0 Å². The number of nitrogen functional groups attached to an aromatic ring is 1. The van der Waals surface area contributed by atoms with E-state index in [2.05, 4.69) is 6.92 Å². The first kappa shape index (κ1) is 13.7. The number of benzene rings is 1. The fraction of sp³-hybridized carbons (Fsp3) is 0.500. The highest BCUT2D eigenvalue weighted by atomic mass is 32.2. The van der Waals surface area contributed by atoms with Gasteiger partial charge in [0.15, 0.2) is 0 Å². The lowest BCUT2D eigenvalue weighted by molar-refractivity contribution is 0.416. The quantitative estimate of drug-likeness (QED) is 0.860. The summed E-state index contributed by atoms with van der Waals surface area (Å²) in [5.74, 6) is 0.861. The topological polar surface area (TPSA) is 63.4 Å². The number of sulfonamides is 1. The van der Waals surface area contributed by atoms with Crippen LogP contribution in [-0.4, -0.2) is 36.8 Å². The van der Waals surface area contributed by atoms with Crippen molar-refractivity contribution in [3.63, 3.8) is 0 Å². The Kier molecular flexibility index (Phi) is 4.19. The Morgan fingerprint density at radius 2 is 2.28 bits per heavy atom. The first-order valence-corrected chi connectivity index (χ1v) is 8.50. The van der Waals surface area contributed by atoms with Crippen molar-refractivity contribution in [1.82, 2.24) is 4.31 Å². The van der Waals surface area contributed by atoms with Crippen LogP contribution in [0.3, 0.4) is 0 Å². The summed E-state index contributed by atoms with van der Waals surface area (Å²) < 4.78 is 26.5. The summed E-state index contributed by atoms with van der Waals surface area (Å²) in [5, 5.41) is 0.398. The number of thioether (sulfide) groups is 1. The molecule has 0 amide bonds. The zero-order valence-electron chi connectivity index (χ0n) is 10.4. The maximum atomic E-state index is 12.5. The normalized spacial score (nSPS) is 21.9. The fourth-order valence-electron chi connectivity index (χ4n) is 1.98. The number of anilines is 1. The van der Waals surface area contributed by atoms with Crippen LogP contribution in [0.4, 0.5) is 5.69 Å². The van der Waals surface area contributed by atoms with E-state index >= 15 is 0 Å². The summed E-state index contributed by atoms with van der Waals surface area (Å²) in [6, 6.07) is 6.50. The van der Waals surface area contributed by atoms with Gasteiger partial charge in [0, 0.05) is 29.8 Å². The molecule has 1 aromatic rings. The molecule has 6 heteroatoms. The average molecular weight is 286 g/mol. The monoisotopic (exact) mass is 286 g/mol. The first-order chi connectivity index (χ1) is 8.54. The zero-order chi connectivity index (χ0) is 13.2. The van der Waals surface area contributed by atoms with Gasteiger partial charge < -0.3 is 5.73 Å². The summed E-state index contributed by atoms with van der Waals surface area (Å²) in [4.78, 5) is 0.296. The van der Waals surface area contributed by atoms with E-state index in [4.69, 9.17) is 5.73 Å². The van der Waals surface area contributed by atoms with Gasteiger partial charge in [-0.3, -0.25) is 0 Å². The molecule has 0 radical (unpaired) electrons. The van der Waals surface area contributed by atoms with Crippen molar-refractivity contribution in [2.24, 2.45) is 0 Å². The van der Waals surface area contributed by atoms with Crippen LogP contribution in [0.5, 0.6) is 0 Å². The molecule has 1 aliphatic heterocycles. The summed E-state index contributed by atoms with van der Waals surface area (Å²) in [6.07, 6.45) is 0.994. The standard InChI is InChI=1S/C12H18N2O2S2/c1-2-11-9-14(6-7-17-11)18(15,16)12-5-3-4-10(13)8-12/h3-5,8,11H,2,6-7,9,13H2,1H3. The lowest BCUT2D eigenvalue weighted by Gasteiger charge is -2.31. The second-order valence-corrected chi connectivity index (χ2v) is 7.68. The molecule has 18 heavy (non-hydrogen) atoms. The number of hydrogen-bond acceptors (Lipinski definition) is 4. The zero-order valence-corrected chi connectivity index (χ0v) is 12.0. The van der Waals surface area contributed by atoms with Crippen LogP contribution in [0, 0.1) is 0 Å². The molecule has 4 nitrogen and oxygen atoms in total. The third kappa shape index (κ3) is 2.81. The molecule has 1 heterocycles. The largest absolute Gasteiger partial charge is 0.399 e. The number of nitrogens with two attached hydrogens (primary N) is 1. The molecule has 1 unspecified atom stereocenters. The van der Waals surface area contributed by atoms with E-state index in [1.807, 2.05) is 11.8 Å². The number of hydrogen-bond donors (Lipinski definition) is 1. The molecule has 1 aromatic carbocycles. The Bertz CT molecular complexity index is 517. The molecule has 1 fully saturated rings. The van der Waals surface area contributed by atoms with Crippen molar-refractivity contribution in [2.45, 2.75) is 23.5 Å². The molecule has 0 saturated carbocycles. The molecule has 100 valence electrons. The van der Waals surface area contributed by atoms with Crippen molar-refractivity contribution in [3.05, 3.63) is 24.3 Å². The van der Waals surface area contributed by atoms with E-state index in [1.165, 1.54) is 6.07 Å². The maximum absolute atomic E-state index is 12.5. The summed E-state index contributed by atoms with van der Waals surface area (Å²) in [5.41, 5.74) is 6.13. The average Bonchev–Trinajstić information content (AvgIpc) is 2.39. The Hall–Kier alpha value is -0.720. The third-order valence-electron chi connectivity index (χ3n) is 3.05. The molecule has 2 rings (SSSR count).